The second-order valence-electron chi connectivity index (χ2n) is 5.50. The number of nitrogens with one attached hydrogen (secondary N) is 1. The molecule has 1 aromatic heterocycles. The average Bonchev–Trinajstić information content (AvgIpc) is 3.08. The third-order valence-corrected chi connectivity index (χ3v) is 3.68. The number of aromatic nitrogens is 1. The molecule has 2 aliphatic rings. The summed E-state index contributed by atoms with van der Waals surface area (Å²) in [6.07, 6.45) is 4.17. The van der Waals surface area contributed by atoms with Crippen LogP contribution in [0.15, 0.2) is 10.9 Å². The van der Waals surface area contributed by atoms with Gasteiger partial charge in [-0.15, -0.1) is 0 Å². The van der Waals surface area contributed by atoms with Crippen molar-refractivity contribution in [2.45, 2.75) is 51.6 Å². The summed E-state index contributed by atoms with van der Waals surface area (Å²) < 4.78 is 1.79. The SMILES string of the molecule is Cc1cc(C)n(C2CC2)c(=O)c1C(=O)NC1CC1. The monoisotopic (exact) mass is 246 g/mol. The fraction of sp³-hybridized carbons (Fsp3) is 0.571. The molecule has 2 saturated carbocycles. The molecule has 96 valence electrons. The fourth-order valence-corrected chi connectivity index (χ4v) is 2.45. The van der Waals surface area contributed by atoms with Crippen LogP contribution >= 0.6 is 0 Å². The maximum Gasteiger partial charge on any atom is 0.264 e. The molecule has 2 aliphatic carbocycles. The van der Waals surface area contributed by atoms with E-state index in [9.17, 15) is 9.59 Å². The van der Waals surface area contributed by atoms with Gasteiger partial charge < -0.3 is 9.88 Å². The van der Waals surface area contributed by atoms with Crippen molar-refractivity contribution in [2.75, 3.05) is 0 Å². The number of nitrogens with zero attached hydrogens (tertiary/aromatic N) is 1. The lowest BCUT2D eigenvalue weighted by atomic mass is 10.1. The molecule has 0 atom stereocenters. The predicted octanol–water partition coefficient (Wildman–Crippen LogP) is 1.69. The van der Waals surface area contributed by atoms with E-state index in [2.05, 4.69) is 5.32 Å². The first-order valence-corrected chi connectivity index (χ1v) is 6.61. The Kier molecular flexibility index (Phi) is 2.54. The van der Waals surface area contributed by atoms with Gasteiger partial charge in [-0.05, 0) is 51.2 Å². The molecule has 0 spiro atoms. The van der Waals surface area contributed by atoms with E-state index in [0.29, 0.717) is 11.6 Å². The third kappa shape index (κ3) is 1.96. The van der Waals surface area contributed by atoms with Gasteiger partial charge in [-0.25, -0.2) is 0 Å². The van der Waals surface area contributed by atoms with E-state index in [1.807, 2.05) is 19.9 Å². The second kappa shape index (κ2) is 3.97. The zero-order chi connectivity index (χ0) is 12.9. The van der Waals surface area contributed by atoms with Crippen molar-refractivity contribution < 1.29 is 4.79 Å². The average molecular weight is 246 g/mol. The molecule has 4 nitrogen and oxygen atoms in total. The van der Waals surface area contributed by atoms with Gasteiger partial charge in [0.1, 0.15) is 5.56 Å². The normalized spacial score (nSPS) is 18.8. The highest BCUT2D eigenvalue weighted by Crippen LogP contribution is 2.34. The van der Waals surface area contributed by atoms with Crippen molar-refractivity contribution in [1.82, 2.24) is 9.88 Å². The van der Waals surface area contributed by atoms with E-state index >= 15 is 0 Å². The third-order valence-electron chi connectivity index (χ3n) is 3.68. The summed E-state index contributed by atoms with van der Waals surface area (Å²) in [5.41, 5.74) is 1.96. The van der Waals surface area contributed by atoms with Gasteiger partial charge in [0, 0.05) is 17.8 Å². The van der Waals surface area contributed by atoms with Crippen LogP contribution in [-0.2, 0) is 0 Å². The van der Waals surface area contributed by atoms with Gasteiger partial charge in [-0.1, -0.05) is 0 Å². The molecule has 4 heteroatoms. The molecule has 1 aromatic rings. The molecule has 3 rings (SSSR count). The highest BCUT2D eigenvalue weighted by molar-refractivity contribution is 5.95. The van der Waals surface area contributed by atoms with Crippen LogP contribution in [0.3, 0.4) is 0 Å². The molecule has 2 fully saturated rings. The highest BCUT2D eigenvalue weighted by atomic mass is 16.2. The summed E-state index contributed by atoms with van der Waals surface area (Å²) in [7, 11) is 0. The lowest BCUT2D eigenvalue weighted by Gasteiger charge is -2.13. The number of hydrogen-bond donors (Lipinski definition) is 1. The summed E-state index contributed by atoms with van der Waals surface area (Å²) in [5.74, 6) is -0.200. The molecule has 1 N–H and O–H groups in total. The van der Waals surface area contributed by atoms with Crippen LogP contribution in [-0.4, -0.2) is 16.5 Å². The van der Waals surface area contributed by atoms with E-state index in [1.165, 1.54) is 0 Å². The van der Waals surface area contributed by atoms with Crippen LogP contribution in [0.4, 0.5) is 0 Å². The van der Waals surface area contributed by atoms with Crippen molar-refractivity contribution in [3.8, 4) is 0 Å². The summed E-state index contributed by atoms with van der Waals surface area (Å²) in [4.78, 5) is 24.6. The summed E-state index contributed by atoms with van der Waals surface area (Å²) in [5, 5.41) is 2.91. The Morgan fingerprint density at radius 2 is 1.94 bits per heavy atom. The number of aryl methyl sites for hydroxylation is 2. The zero-order valence-corrected chi connectivity index (χ0v) is 10.8. The quantitative estimate of drug-likeness (QED) is 0.882. The van der Waals surface area contributed by atoms with E-state index in [4.69, 9.17) is 0 Å². The van der Waals surface area contributed by atoms with E-state index < -0.39 is 0 Å². The zero-order valence-electron chi connectivity index (χ0n) is 10.8. The molecule has 0 saturated heterocycles. The number of carbonyl (C=O) groups is 1. The molecule has 18 heavy (non-hydrogen) atoms. The Morgan fingerprint density at radius 1 is 1.28 bits per heavy atom. The van der Waals surface area contributed by atoms with Crippen molar-refractivity contribution in [2.24, 2.45) is 0 Å². The summed E-state index contributed by atoms with van der Waals surface area (Å²) in [6.45, 7) is 3.78. The van der Waals surface area contributed by atoms with Crippen molar-refractivity contribution in [3.05, 3.63) is 33.2 Å². The molecule has 1 heterocycles. The van der Waals surface area contributed by atoms with Gasteiger partial charge in [0.25, 0.3) is 11.5 Å². The second-order valence-corrected chi connectivity index (χ2v) is 5.50. The Hall–Kier alpha value is -1.58. The Balaban J connectivity index is 2.04. The van der Waals surface area contributed by atoms with Crippen molar-refractivity contribution >= 4 is 5.91 Å². The molecule has 0 aliphatic heterocycles. The smallest absolute Gasteiger partial charge is 0.264 e. The first-order valence-electron chi connectivity index (χ1n) is 6.61. The molecule has 1 amide bonds. The first kappa shape index (κ1) is 11.5. The molecule has 0 radical (unpaired) electrons. The summed E-state index contributed by atoms with van der Waals surface area (Å²) >= 11 is 0. The standard InChI is InChI=1S/C14H18N2O2/c1-8-7-9(2)16(11-5-6-11)14(18)12(8)13(17)15-10-3-4-10/h7,10-11H,3-6H2,1-2H3,(H,15,17). The minimum absolute atomic E-state index is 0.117. The fourth-order valence-electron chi connectivity index (χ4n) is 2.45. The van der Waals surface area contributed by atoms with Gasteiger partial charge in [0.15, 0.2) is 0 Å². The van der Waals surface area contributed by atoms with Crippen LogP contribution in [0.2, 0.25) is 0 Å². The number of carbonyl (C=O) groups excluding carboxylic acids is 1. The van der Waals surface area contributed by atoms with Gasteiger partial charge in [-0.3, -0.25) is 9.59 Å². The number of pyridine rings is 1. The largest absolute Gasteiger partial charge is 0.349 e. The minimum atomic E-state index is -0.200. The first-order chi connectivity index (χ1) is 8.58. The Labute approximate surface area is 106 Å². The lowest BCUT2D eigenvalue weighted by molar-refractivity contribution is 0.0948. The predicted molar refractivity (Wildman–Crippen MR) is 68.9 cm³/mol. The molecular weight excluding hydrogens is 228 g/mol. The molecular formula is C14H18N2O2. The van der Waals surface area contributed by atoms with Gasteiger partial charge in [-0.2, -0.15) is 0 Å². The van der Waals surface area contributed by atoms with Gasteiger partial charge in [0.2, 0.25) is 0 Å². The van der Waals surface area contributed by atoms with E-state index in [-0.39, 0.29) is 17.5 Å². The number of amides is 1. The Morgan fingerprint density at radius 3 is 2.50 bits per heavy atom. The topological polar surface area (TPSA) is 51.1 Å². The van der Waals surface area contributed by atoms with Crippen LogP contribution in [0, 0.1) is 13.8 Å². The van der Waals surface area contributed by atoms with Crippen LogP contribution in [0.1, 0.15) is 53.3 Å². The van der Waals surface area contributed by atoms with Gasteiger partial charge in [0.05, 0.1) is 0 Å². The number of hydrogen-bond acceptors (Lipinski definition) is 2. The van der Waals surface area contributed by atoms with Crippen molar-refractivity contribution in [3.63, 3.8) is 0 Å². The molecule has 0 bridgehead atoms. The van der Waals surface area contributed by atoms with E-state index in [1.54, 1.807) is 4.57 Å². The van der Waals surface area contributed by atoms with Crippen LogP contribution in [0.5, 0.6) is 0 Å². The van der Waals surface area contributed by atoms with Crippen LogP contribution < -0.4 is 10.9 Å². The van der Waals surface area contributed by atoms with Crippen LogP contribution in [0.25, 0.3) is 0 Å². The molecule has 0 aromatic carbocycles. The maximum absolute atomic E-state index is 12.4. The van der Waals surface area contributed by atoms with Gasteiger partial charge >= 0.3 is 0 Å². The maximum atomic E-state index is 12.4. The van der Waals surface area contributed by atoms with Crippen molar-refractivity contribution in [1.29, 1.82) is 0 Å². The molecule has 0 unspecified atom stereocenters. The number of rotatable bonds is 3. The minimum Gasteiger partial charge on any atom is -0.349 e. The Bertz CT molecular complexity index is 566. The lowest BCUT2D eigenvalue weighted by Crippen LogP contribution is -2.35. The highest BCUT2D eigenvalue weighted by Gasteiger charge is 2.30. The van der Waals surface area contributed by atoms with E-state index in [0.717, 1.165) is 36.9 Å². The summed E-state index contributed by atoms with van der Waals surface area (Å²) in [6, 6.07) is 2.54.